The van der Waals surface area contributed by atoms with Gasteiger partial charge >= 0.3 is 0 Å². The largest absolute Gasteiger partial charge is 0.459 e. The Bertz CT molecular complexity index is 799. The predicted octanol–water partition coefficient (Wildman–Crippen LogP) is 1.95. The fraction of sp³-hybridized carbons (Fsp3) is 0.278. The van der Waals surface area contributed by atoms with E-state index in [4.69, 9.17) is 4.42 Å². The molecule has 0 saturated heterocycles. The van der Waals surface area contributed by atoms with Gasteiger partial charge in [0.15, 0.2) is 5.76 Å². The second kappa shape index (κ2) is 7.21. The molecule has 0 fully saturated rings. The van der Waals surface area contributed by atoms with Crippen molar-refractivity contribution in [1.82, 2.24) is 5.32 Å². The van der Waals surface area contributed by atoms with Crippen molar-refractivity contribution in [3.05, 3.63) is 47.9 Å². The van der Waals surface area contributed by atoms with E-state index in [0.29, 0.717) is 12.2 Å². The van der Waals surface area contributed by atoms with Crippen LogP contribution in [0.3, 0.4) is 0 Å². The van der Waals surface area contributed by atoms with Crippen LogP contribution in [-0.2, 0) is 16.0 Å². The Morgan fingerprint density at radius 1 is 1.24 bits per heavy atom. The molecule has 0 unspecified atom stereocenters. The van der Waals surface area contributed by atoms with Gasteiger partial charge in [0, 0.05) is 37.8 Å². The van der Waals surface area contributed by atoms with E-state index in [2.05, 4.69) is 10.6 Å². The third kappa shape index (κ3) is 3.88. The maximum absolute atomic E-state index is 12.5. The number of fused-ring (bicyclic) bond motifs is 1. The van der Waals surface area contributed by atoms with Gasteiger partial charge in [0.25, 0.3) is 5.91 Å². The Kier molecular flexibility index (Phi) is 4.83. The highest BCUT2D eigenvalue weighted by molar-refractivity contribution is 6.06. The van der Waals surface area contributed by atoms with Gasteiger partial charge in [0.2, 0.25) is 11.8 Å². The van der Waals surface area contributed by atoms with Gasteiger partial charge < -0.3 is 20.0 Å². The van der Waals surface area contributed by atoms with Gasteiger partial charge in [-0.2, -0.15) is 0 Å². The van der Waals surface area contributed by atoms with E-state index in [1.54, 1.807) is 23.1 Å². The zero-order valence-electron chi connectivity index (χ0n) is 13.9. The van der Waals surface area contributed by atoms with Crippen LogP contribution in [0.15, 0.2) is 41.0 Å². The molecule has 3 rings (SSSR count). The lowest BCUT2D eigenvalue weighted by Gasteiger charge is -2.17. The van der Waals surface area contributed by atoms with Gasteiger partial charge in [0.1, 0.15) is 0 Å². The van der Waals surface area contributed by atoms with Gasteiger partial charge in [-0.25, -0.2) is 0 Å². The molecule has 2 aromatic rings. The smallest absolute Gasteiger partial charge is 0.293 e. The molecule has 0 radical (unpaired) electrons. The van der Waals surface area contributed by atoms with Crippen molar-refractivity contribution in [3.8, 4) is 0 Å². The number of carbonyl (C=O) groups is 3. The number of rotatable bonds is 5. The highest BCUT2D eigenvalue weighted by Gasteiger charge is 2.27. The number of nitrogens with one attached hydrogen (secondary N) is 2. The fourth-order valence-corrected chi connectivity index (χ4v) is 2.78. The maximum atomic E-state index is 12.5. The third-order valence-corrected chi connectivity index (χ3v) is 3.97. The second-order valence-corrected chi connectivity index (χ2v) is 5.81. The molecule has 0 aliphatic carbocycles. The topological polar surface area (TPSA) is 91.7 Å². The molecule has 25 heavy (non-hydrogen) atoms. The quantitative estimate of drug-likeness (QED) is 0.869. The zero-order chi connectivity index (χ0) is 17.8. The molecule has 0 atom stereocenters. The number of nitrogens with zero attached hydrogens (tertiary/aromatic N) is 1. The first-order chi connectivity index (χ1) is 12.0. The lowest BCUT2D eigenvalue weighted by molar-refractivity contribution is -0.119. The molecular formula is C18H19N3O4. The monoisotopic (exact) mass is 341 g/mol. The molecule has 1 aromatic heterocycles. The first-order valence-electron chi connectivity index (χ1n) is 8.07. The van der Waals surface area contributed by atoms with Crippen LogP contribution in [0.2, 0.25) is 0 Å². The van der Waals surface area contributed by atoms with E-state index in [1.807, 2.05) is 12.1 Å². The Morgan fingerprint density at radius 3 is 2.80 bits per heavy atom. The summed E-state index contributed by atoms with van der Waals surface area (Å²) >= 11 is 0. The first-order valence-corrected chi connectivity index (χ1v) is 8.07. The summed E-state index contributed by atoms with van der Waals surface area (Å²) in [6.07, 6.45) is 2.42. The normalized spacial score (nSPS) is 12.6. The van der Waals surface area contributed by atoms with Crippen LogP contribution in [0, 0.1) is 0 Å². The van der Waals surface area contributed by atoms with E-state index in [9.17, 15) is 14.4 Å². The molecule has 1 aromatic carbocycles. The van der Waals surface area contributed by atoms with Gasteiger partial charge in [-0.15, -0.1) is 0 Å². The highest BCUT2D eigenvalue weighted by atomic mass is 16.3. The summed E-state index contributed by atoms with van der Waals surface area (Å²) in [5.41, 5.74) is 2.45. The lowest BCUT2D eigenvalue weighted by atomic mass is 10.1. The molecule has 0 bridgehead atoms. The SMILES string of the molecule is CC(=O)NCCC(=O)Nc1ccc2c(c1)N(C(=O)c1ccco1)CC2. The van der Waals surface area contributed by atoms with Crippen molar-refractivity contribution in [2.75, 3.05) is 23.3 Å². The first kappa shape index (κ1) is 16.8. The Labute approximate surface area is 145 Å². The number of anilines is 2. The van der Waals surface area contributed by atoms with Crippen LogP contribution < -0.4 is 15.5 Å². The van der Waals surface area contributed by atoms with Gasteiger partial charge in [0.05, 0.1) is 6.26 Å². The average molecular weight is 341 g/mol. The van der Waals surface area contributed by atoms with E-state index in [1.165, 1.54) is 13.2 Å². The summed E-state index contributed by atoms with van der Waals surface area (Å²) in [6.45, 7) is 2.27. The minimum atomic E-state index is -0.199. The second-order valence-electron chi connectivity index (χ2n) is 5.81. The minimum absolute atomic E-state index is 0.169. The molecule has 1 aliphatic heterocycles. The molecule has 7 nitrogen and oxygen atoms in total. The maximum Gasteiger partial charge on any atom is 0.293 e. The number of carbonyl (C=O) groups excluding carboxylic acids is 3. The van der Waals surface area contributed by atoms with E-state index in [-0.39, 0.29) is 36.4 Å². The van der Waals surface area contributed by atoms with Crippen LogP contribution in [0.25, 0.3) is 0 Å². The van der Waals surface area contributed by atoms with E-state index < -0.39 is 0 Å². The number of benzene rings is 1. The molecule has 1 aliphatic rings. The summed E-state index contributed by atoms with van der Waals surface area (Å²) in [5.74, 6) is -0.275. The van der Waals surface area contributed by atoms with Crippen molar-refractivity contribution in [3.63, 3.8) is 0 Å². The molecule has 130 valence electrons. The van der Waals surface area contributed by atoms with Gasteiger partial charge in [-0.1, -0.05) is 6.07 Å². The average Bonchev–Trinajstić information content (AvgIpc) is 3.23. The Hall–Kier alpha value is -3.09. The zero-order valence-corrected chi connectivity index (χ0v) is 13.9. The van der Waals surface area contributed by atoms with Crippen LogP contribution in [0.1, 0.15) is 29.5 Å². The Morgan fingerprint density at radius 2 is 2.08 bits per heavy atom. The van der Waals surface area contributed by atoms with E-state index in [0.717, 1.165) is 17.7 Å². The molecule has 0 saturated carbocycles. The Balaban J connectivity index is 1.69. The number of amides is 3. The minimum Gasteiger partial charge on any atom is -0.459 e. The molecule has 2 N–H and O–H groups in total. The molecule has 2 heterocycles. The van der Waals surface area contributed by atoms with Crippen LogP contribution >= 0.6 is 0 Å². The number of furan rings is 1. The van der Waals surface area contributed by atoms with Crippen molar-refractivity contribution < 1.29 is 18.8 Å². The summed E-state index contributed by atoms with van der Waals surface area (Å²) < 4.78 is 5.19. The highest BCUT2D eigenvalue weighted by Crippen LogP contribution is 2.32. The van der Waals surface area contributed by atoms with Crippen molar-refractivity contribution in [2.24, 2.45) is 0 Å². The molecular weight excluding hydrogens is 322 g/mol. The molecule has 0 spiro atoms. The number of hydrogen-bond acceptors (Lipinski definition) is 4. The summed E-state index contributed by atoms with van der Waals surface area (Å²) in [5, 5.41) is 5.37. The van der Waals surface area contributed by atoms with Gasteiger partial charge in [-0.05, 0) is 36.2 Å². The molecule has 7 heteroatoms. The summed E-state index contributed by atoms with van der Waals surface area (Å²) in [4.78, 5) is 36.9. The van der Waals surface area contributed by atoms with E-state index >= 15 is 0 Å². The van der Waals surface area contributed by atoms with Crippen LogP contribution in [-0.4, -0.2) is 30.8 Å². The fourth-order valence-electron chi connectivity index (χ4n) is 2.78. The molecule has 3 amide bonds. The van der Waals surface area contributed by atoms with Crippen molar-refractivity contribution in [2.45, 2.75) is 19.8 Å². The third-order valence-electron chi connectivity index (χ3n) is 3.97. The van der Waals surface area contributed by atoms with Crippen LogP contribution in [0.4, 0.5) is 11.4 Å². The number of hydrogen-bond donors (Lipinski definition) is 2. The standard InChI is InChI=1S/C18H19N3O4/c1-12(22)19-8-6-17(23)20-14-5-4-13-7-9-21(15(13)11-14)18(24)16-3-2-10-25-16/h2-5,10-11H,6-9H2,1H3,(H,19,22)(H,20,23). The lowest BCUT2D eigenvalue weighted by Crippen LogP contribution is -2.28. The summed E-state index contributed by atoms with van der Waals surface area (Å²) in [7, 11) is 0. The van der Waals surface area contributed by atoms with Crippen molar-refractivity contribution in [1.29, 1.82) is 0 Å². The van der Waals surface area contributed by atoms with Crippen LogP contribution in [0.5, 0.6) is 0 Å². The summed E-state index contributed by atoms with van der Waals surface area (Å²) in [6, 6.07) is 8.83. The van der Waals surface area contributed by atoms with Crippen molar-refractivity contribution >= 4 is 29.1 Å². The van der Waals surface area contributed by atoms with Gasteiger partial charge in [-0.3, -0.25) is 14.4 Å². The predicted molar refractivity (Wildman–Crippen MR) is 92.5 cm³/mol.